The van der Waals surface area contributed by atoms with E-state index in [9.17, 15) is 4.79 Å². The Morgan fingerprint density at radius 1 is 1.09 bits per heavy atom. The molecule has 32 heavy (non-hydrogen) atoms. The molecule has 0 spiro atoms. The molecule has 8 heteroatoms. The minimum atomic E-state index is 0.200. The minimum Gasteiger partial charge on any atom is -0.368 e. The molecule has 0 bridgehead atoms. The standard InChI is InChI=1S/C24H37N7O/c1-4-25-24(26-12-8-14-31-21(3)19-20(2)28-31)27-13-11-23(32)30-17-15-29(16-18-30)22-9-6-5-7-10-22/h5-7,9-10,19H,4,8,11-18H2,1-3H3,(H2,25,26,27). The number of amides is 1. The third kappa shape index (κ3) is 7.00. The third-order valence-electron chi connectivity index (χ3n) is 5.63. The number of guanidine groups is 1. The summed E-state index contributed by atoms with van der Waals surface area (Å²) in [5, 5.41) is 11.0. The molecule has 2 N–H and O–H groups in total. The van der Waals surface area contributed by atoms with Crippen molar-refractivity contribution in [2.75, 3.05) is 50.7 Å². The summed E-state index contributed by atoms with van der Waals surface area (Å²) in [4.78, 5) is 21.6. The zero-order valence-corrected chi connectivity index (χ0v) is 19.7. The summed E-state index contributed by atoms with van der Waals surface area (Å²) < 4.78 is 2.03. The fourth-order valence-corrected chi connectivity index (χ4v) is 3.95. The number of carbonyl (C=O) groups excluding carboxylic acids is 1. The summed E-state index contributed by atoms with van der Waals surface area (Å²) in [6.45, 7) is 12.4. The molecule has 2 heterocycles. The van der Waals surface area contributed by atoms with Crippen LogP contribution in [0.1, 0.15) is 31.2 Å². The highest BCUT2D eigenvalue weighted by molar-refractivity contribution is 5.81. The molecular formula is C24H37N7O. The van der Waals surface area contributed by atoms with E-state index in [4.69, 9.17) is 0 Å². The van der Waals surface area contributed by atoms with Crippen LogP contribution < -0.4 is 15.5 Å². The van der Waals surface area contributed by atoms with Gasteiger partial charge in [0.1, 0.15) is 0 Å². The number of anilines is 1. The van der Waals surface area contributed by atoms with Crippen molar-refractivity contribution >= 4 is 17.6 Å². The Kier molecular flexibility index (Phi) is 8.95. The number of para-hydroxylation sites is 1. The lowest BCUT2D eigenvalue weighted by Gasteiger charge is -2.36. The second kappa shape index (κ2) is 12.1. The Labute approximate surface area is 191 Å². The first-order valence-electron chi connectivity index (χ1n) is 11.7. The summed E-state index contributed by atoms with van der Waals surface area (Å²) >= 11 is 0. The molecule has 1 aliphatic rings. The summed E-state index contributed by atoms with van der Waals surface area (Å²) in [6, 6.07) is 12.5. The number of carbonyl (C=O) groups is 1. The van der Waals surface area contributed by atoms with E-state index in [1.54, 1.807) is 0 Å². The average Bonchev–Trinajstić information content (AvgIpc) is 3.14. The van der Waals surface area contributed by atoms with Crippen LogP contribution in [0.4, 0.5) is 5.69 Å². The number of rotatable bonds is 9. The van der Waals surface area contributed by atoms with E-state index in [-0.39, 0.29) is 5.91 Å². The molecule has 1 aromatic heterocycles. The van der Waals surface area contributed by atoms with Crippen LogP contribution in [0.5, 0.6) is 0 Å². The molecular weight excluding hydrogens is 402 g/mol. The fraction of sp³-hybridized carbons (Fsp3) is 0.542. The maximum atomic E-state index is 12.6. The number of nitrogens with zero attached hydrogens (tertiary/aromatic N) is 5. The van der Waals surface area contributed by atoms with Crippen LogP contribution >= 0.6 is 0 Å². The molecule has 1 aliphatic heterocycles. The Hall–Kier alpha value is -3.03. The lowest BCUT2D eigenvalue weighted by molar-refractivity contribution is -0.131. The zero-order chi connectivity index (χ0) is 22.8. The van der Waals surface area contributed by atoms with Gasteiger partial charge in [0.05, 0.1) is 5.69 Å². The van der Waals surface area contributed by atoms with Crippen molar-refractivity contribution in [3.05, 3.63) is 47.8 Å². The van der Waals surface area contributed by atoms with Crippen LogP contribution in [0.15, 0.2) is 41.4 Å². The summed E-state index contributed by atoms with van der Waals surface area (Å²) in [5.74, 6) is 0.966. The van der Waals surface area contributed by atoms with Crippen molar-refractivity contribution in [3.8, 4) is 0 Å². The first-order valence-corrected chi connectivity index (χ1v) is 11.7. The lowest BCUT2D eigenvalue weighted by atomic mass is 10.2. The molecule has 0 aliphatic carbocycles. The number of aromatic nitrogens is 2. The van der Waals surface area contributed by atoms with Crippen molar-refractivity contribution in [1.82, 2.24) is 25.3 Å². The third-order valence-corrected chi connectivity index (χ3v) is 5.63. The van der Waals surface area contributed by atoms with Gasteiger partial charge in [-0.3, -0.25) is 14.5 Å². The van der Waals surface area contributed by atoms with Crippen molar-refractivity contribution in [3.63, 3.8) is 0 Å². The summed E-state index contributed by atoms with van der Waals surface area (Å²) in [7, 11) is 0. The molecule has 1 saturated heterocycles. The van der Waals surface area contributed by atoms with Gasteiger partial charge in [-0.15, -0.1) is 0 Å². The molecule has 3 rings (SSSR count). The second-order valence-electron chi connectivity index (χ2n) is 8.14. The quantitative estimate of drug-likeness (QED) is 0.356. The molecule has 0 unspecified atom stereocenters. The number of benzene rings is 1. The van der Waals surface area contributed by atoms with Crippen LogP contribution in [-0.4, -0.2) is 72.4 Å². The van der Waals surface area contributed by atoms with Gasteiger partial charge in [0.25, 0.3) is 0 Å². The second-order valence-corrected chi connectivity index (χ2v) is 8.14. The number of nitrogens with one attached hydrogen (secondary N) is 2. The Morgan fingerprint density at radius 3 is 2.50 bits per heavy atom. The van der Waals surface area contributed by atoms with E-state index < -0.39 is 0 Å². The largest absolute Gasteiger partial charge is 0.368 e. The Bertz CT molecular complexity index is 870. The number of aryl methyl sites for hydroxylation is 3. The normalized spacial score (nSPS) is 14.5. The van der Waals surface area contributed by atoms with Crippen LogP contribution in [0.2, 0.25) is 0 Å². The van der Waals surface area contributed by atoms with Gasteiger partial charge in [-0.25, -0.2) is 0 Å². The van der Waals surface area contributed by atoms with E-state index in [1.807, 2.05) is 29.5 Å². The fourth-order valence-electron chi connectivity index (χ4n) is 3.95. The SMILES string of the molecule is CCNC(=NCCCn1nc(C)cc1C)NCCC(=O)N1CCN(c2ccccc2)CC1. The smallest absolute Gasteiger partial charge is 0.224 e. The lowest BCUT2D eigenvalue weighted by Crippen LogP contribution is -2.49. The molecule has 0 saturated carbocycles. The van der Waals surface area contributed by atoms with E-state index in [0.717, 1.165) is 57.3 Å². The van der Waals surface area contributed by atoms with Gasteiger partial charge in [0, 0.05) is 70.2 Å². The summed E-state index contributed by atoms with van der Waals surface area (Å²) in [6.07, 6.45) is 1.39. The van der Waals surface area contributed by atoms with Gasteiger partial charge in [-0.2, -0.15) is 5.10 Å². The molecule has 8 nitrogen and oxygen atoms in total. The molecule has 1 fully saturated rings. The van der Waals surface area contributed by atoms with Crippen LogP contribution in [0.3, 0.4) is 0 Å². The van der Waals surface area contributed by atoms with Crippen molar-refractivity contribution in [2.24, 2.45) is 4.99 Å². The molecule has 1 amide bonds. The molecule has 2 aromatic rings. The summed E-state index contributed by atoms with van der Waals surface area (Å²) in [5.41, 5.74) is 3.46. The van der Waals surface area contributed by atoms with Gasteiger partial charge in [-0.05, 0) is 45.4 Å². The van der Waals surface area contributed by atoms with Crippen LogP contribution in [0, 0.1) is 13.8 Å². The Balaban J connectivity index is 1.36. The number of aliphatic imine (C=N–C) groups is 1. The molecule has 0 atom stereocenters. The van der Waals surface area contributed by atoms with Crippen molar-refractivity contribution in [1.29, 1.82) is 0 Å². The maximum absolute atomic E-state index is 12.6. The van der Waals surface area contributed by atoms with Gasteiger partial charge >= 0.3 is 0 Å². The predicted molar refractivity (Wildman–Crippen MR) is 130 cm³/mol. The highest BCUT2D eigenvalue weighted by Crippen LogP contribution is 2.15. The van der Waals surface area contributed by atoms with Crippen molar-refractivity contribution < 1.29 is 4.79 Å². The van der Waals surface area contributed by atoms with Gasteiger partial charge < -0.3 is 20.4 Å². The van der Waals surface area contributed by atoms with Crippen LogP contribution in [0.25, 0.3) is 0 Å². The predicted octanol–water partition coefficient (Wildman–Crippen LogP) is 2.18. The molecule has 0 radical (unpaired) electrons. The number of piperazine rings is 1. The Morgan fingerprint density at radius 2 is 1.84 bits per heavy atom. The van der Waals surface area contributed by atoms with E-state index >= 15 is 0 Å². The first-order chi connectivity index (χ1) is 15.6. The van der Waals surface area contributed by atoms with Gasteiger partial charge in [-0.1, -0.05) is 18.2 Å². The monoisotopic (exact) mass is 439 g/mol. The average molecular weight is 440 g/mol. The zero-order valence-electron chi connectivity index (χ0n) is 19.7. The number of hydrogen-bond donors (Lipinski definition) is 2. The van der Waals surface area contributed by atoms with E-state index in [0.29, 0.717) is 19.5 Å². The molecule has 174 valence electrons. The van der Waals surface area contributed by atoms with Crippen LogP contribution in [-0.2, 0) is 11.3 Å². The van der Waals surface area contributed by atoms with Gasteiger partial charge in [0.15, 0.2) is 5.96 Å². The highest BCUT2D eigenvalue weighted by Gasteiger charge is 2.20. The minimum absolute atomic E-state index is 0.200. The topological polar surface area (TPSA) is 77.8 Å². The molecule has 1 aromatic carbocycles. The van der Waals surface area contributed by atoms with Crippen molar-refractivity contribution in [2.45, 2.75) is 40.2 Å². The first kappa shape index (κ1) is 23.6. The van der Waals surface area contributed by atoms with Gasteiger partial charge in [0.2, 0.25) is 5.91 Å². The van der Waals surface area contributed by atoms with E-state index in [2.05, 4.69) is 62.9 Å². The number of hydrogen-bond acceptors (Lipinski definition) is 4. The maximum Gasteiger partial charge on any atom is 0.224 e. The van der Waals surface area contributed by atoms with E-state index in [1.165, 1.54) is 11.4 Å². The highest BCUT2D eigenvalue weighted by atomic mass is 16.2.